The van der Waals surface area contributed by atoms with Gasteiger partial charge in [0.15, 0.2) is 5.69 Å². The molecule has 9 nitrogen and oxygen atoms in total. The summed E-state index contributed by atoms with van der Waals surface area (Å²) in [5, 5.41) is 10.3. The van der Waals surface area contributed by atoms with Gasteiger partial charge >= 0.3 is 12.0 Å². The van der Waals surface area contributed by atoms with Crippen LogP contribution in [0.3, 0.4) is 0 Å². The quantitative estimate of drug-likeness (QED) is 0.297. The number of amides is 2. The summed E-state index contributed by atoms with van der Waals surface area (Å²) in [5.41, 5.74) is 2.15. The van der Waals surface area contributed by atoms with Gasteiger partial charge in [0.25, 0.3) is 10.0 Å². The smallest absolute Gasteiger partial charge is 0.355 e. The maximum absolute atomic E-state index is 13.1. The zero-order valence-electron chi connectivity index (χ0n) is 22.1. The number of aromatic carboxylic acids is 1. The number of benzene rings is 2. The van der Waals surface area contributed by atoms with Crippen LogP contribution in [0.15, 0.2) is 58.5 Å². The number of aromatic nitrogens is 2. The molecule has 3 rings (SSSR count). The first-order valence-corrected chi connectivity index (χ1v) is 15.2. The van der Waals surface area contributed by atoms with Gasteiger partial charge in [-0.2, -0.15) is 0 Å². The number of imidazole rings is 1. The van der Waals surface area contributed by atoms with Crippen LogP contribution in [-0.4, -0.2) is 59.3 Å². The van der Waals surface area contributed by atoms with Crippen molar-refractivity contribution in [1.29, 1.82) is 0 Å². The minimum Gasteiger partial charge on any atom is -0.476 e. The zero-order chi connectivity index (χ0) is 27.9. The fraction of sp³-hybridized carbons (Fsp3) is 0.370. The third-order valence-electron chi connectivity index (χ3n) is 6.22. The number of nitrogens with zero attached hydrogens (tertiary/aromatic N) is 3. The number of carboxylic acid groups (broad SMARTS) is 1. The largest absolute Gasteiger partial charge is 0.476 e. The molecule has 3 aromatic rings. The fourth-order valence-electron chi connectivity index (χ4n) is 4.18. The highest BCUT2D eigenvalue weighted by molar-refractivity contribution is 7.98. The zero-order valence-corrected chi connectivity index (χ0v) is 23.7. The number of nitrogens with one attached hydrogen (secondary N) is 1. The number of carbonyl (C=O) groups is 2. The van der Waals surface area contributed by atoms with Gasteiger partial charge in [0, 0.05) is 31.6 Å². The first-order valence-electron chi connectivity index (χ1n) is 12.5. The number of rotatable bonds is 12. The van der Waals surface area contributed by atoms with Crippen LogP contribution < -0.4 is 4.72 Å². The molecule has 2 N–H and O–H groups in total. The lowest BCUT2D eigenvalue weighted by Gasteiger charge is -2.20. The highest BCUT2D eigenvalue weighted by atomic mass is 32.2. The van der Waals surface area contributed by atoms with Crippen LogP contribution >= 0.6 is 11.8 Å². The van der Waals surface area contributed by atoms with E-state index in [2.05, 4.69) is 16.6 Å². The van der Waals surface area contributed by atoms with Crippen molar-refractivity contribution in [2.45, 2.75) is 56.5 Å². The molecule has 0 unspecified atom stereocenters. The molecule has 2 amide bonds. The van der Waals surface area contributed by atoms with Crippen LogP contribution in [0.25, 0.3) is 11.1 Å². The maximum atomic E-state index is 13.1. The van der Waals surface area contributed by atoms with Crippen LogP contribution in [-0.2, 0) is 23.0 Å². The van der Waals surface area contributed by atoms with E-state index in [1.165, 1.54) is 22.7 Å². The summed E-state index contributed by atoms with van der Waals surface area (Å²) in [4.78, 5) is 30.5. The van der Waals surface area contributed by atoms with Crippen LogP contribution in [0.1, 0.15) is 55.5 Å². The van der Waals surface area contributed by atoms with E-state index in [0.29, 0.717) is 42.2 Å². The van der Waals surface area contributed by atoms with E-state index in [0.717, 1.165) is 24.2 Å². The number of carbonyl (C=O) groups excluding carboxylic acids is 1. The first kappa shape index (κ1) is 29.2. The van der Waals surface area contributed by atoms with Crippen molar-refractivity contribution in [2.24, 2.45) is 0 Å². The number of hydrogen-bond acceptors (Lipinski definition) is 6. The minimum atomic E-state index is -4.11. The van der Waals surface area contributed by atoms with Crippen LogP contribution in [0, 0.1) is 0 Å². The number of unbranched alkanes of at least 4 members (excludes halogenated alkanes) is 1. The van der Waals surface area contributed by atoms with Crippen LogP contribution in [0.2, 0.25) is 0 Å². The minimum absolute atomic E-state index is 0.00231. The standard InChI is InChI=1S/C27H34N4O5S2/c1-5-8-13-23-28-25(37-4)24(26(32)33)31(23)18-19-14-16-20(17-15-19)21-11-9-10-12-22(21)38(35,36)29-27(34)30(6-2)7-3/h9-12,14-17H,5-8,13,18H2,1-4H3,(H,29,34)(H,32,33). The van der Waals surface area contributed by atoms with Crippen molar-refractivity contribution < 1.29 is 23.1 Å². The van der Waals surface area contributed by atoms with Gasteiger partial charge in [-0.15, -0.1) is 11.8 Å². The molecule has 0 aliphatic heterocycles. The van der Waals surface area contributed by atoms with Gasteiger partial charge in [-0.05, 0) is 43.7 Å². The summed E-state index contributed by atoms with van der Waals surface area (Å²) >= 11 is 1.31. The molecular weight excluding hydrogens is 524 g/mol. The van der Waals surface area contributed by atoms with E-state index in [9.17, 15) is 23.1 Å². The highest BCUT2D eigenvalue weighted by Gasteiger charge is 2.24. The summed E-state index contributed by atoms with van der Waals surface area (Å²) in [7, 11) is -4.11. The second kappa shape index (κ2) is 13.0. The lowest BCUT2D eigenvalue weighted by molar-refractivity contribution is 0.0681. The van der Waals surface area contributed by atoms with E-state index in [-0.39, 0.29) is 10.6 Å². The Labute approximate surface area is 228 Å². The molecule has 0 bridgehead atoms. The van der Waals surface area contributed by atoms with E-state index < -0.39 is 22.0 Å². The highest BCUT2D eigenvalue weighted by Crippen LogP contribution is 2.29. The van der Waals surface area contributed by atoms with Gasteiger partial charge in [-0.1, -0.05) is 55.8 Å². The van der Waals surface area contributed by atoms with Gasteiger partial charge in [0.05, 0.1) is 4.90 Å². The molecule has 11 heteroatoms. The van der Waals surface area contributed by atoms with E-state index in [1.54, 1.807) is 48.7 Å². The number of sulfonamides is 1. The van der Waals surface area contributed by atoms with Gasteiger partial charge in [0.2, 0.25) is 0 Å². The number of thioether (sulfide) groups is 1. The van der Waals surface area contributed by atoms with Gasteiger partial charge in [-0.25, -0.2) is 27.7 Å². The molecule has 0 aliphatic rings. The first-order chi connectivity index (χ1) is 18.2. The number of carboxylic acids is 1. The Balaban J connectivity index is 1.93. The summed E-state index contributed by atoms with van der Waals surface area (Å²) < 4.78 is 30.1. The summed E-state index contributed by atoms with van der Waals surface area (Å²) in [5.74, 6) is -0.287. The molecule has 0 saturated heterocycles. The van der Waals surface area contributed by atoms with Crippen molar-refractivity contribution in [3.05, 3.63) is 65.6 Å². The van der Waals surface area contributed by atoms with Crippen molar-refractivity contribution in [3.63, 3.8) is 0 Å². The number of hydrogen-bond donors (Lipinski definition) is 2. The third-order valence-corrected chi connectivity index (χ3v) is 8.27. The Hall–Kier alpha value is -3.31. The molecule has 0 spiro atoms. The normalized spacial score (nSPS) is 11.4. The molecule has 0 radical (unpaired) electrons. The molecule has 204 valence electrons. The van der Waals surface area contributed by atoms with Gasteiger partial charge in [-0.3, -0.25) is 0 Å². The molecule has 0 aliphatic carbocycles. The number of urea groups is 1. The molecule has 38 heavy (non-hydrogen) atoms. The average molecular weight is 559 g/mol. The Morgan fingerprint density at radius 2 is 1.71 bits per heavy atom. The Kier molecular flexibility index (Phi) is 9.98. The van der Waals surface area contributed by atoms with Gasteiger partial charge in [0.1, 0.15) is 10.9 Å². The molecular formula is C27H34N4O5S2. The lowest BCUT2D eigenvalue weighted by atomic mass is 10.0. The third kappa shape index (κ3) is 6.57. The second-order valence-electron chi connectivity index (χ2n) is 8.66. The second-order valence-corrected chi connectivity index (χ2v) is 11.1. The predicted octanol–water partition coefficient (Wildman–Crippen LogP) is 5.10. The predicted molar refractivity (Wildman–Crippen MR) is 149 cm³/mol. The van der Waals surface area contributed by atoms with Crippen molar-refractivity contribution in [1.82, 2.24) is 19.2 Å². The summed E-state index contributed by atoms with van der Waals surface area (Å²) in [6.07, 6.45) is 4.36. The molecule has 0 saturated carbocycles. The van der Waals surface area contributed by atoms with Crippen molar-refractivity contribution >= 4 is 33.8 Å². The van der Waals surface area contributed by atoms with Crippen LogP contribution in [0.4, 0.5) is 4.79 Å². The van der Waals surface area contributed by atoms with Crippen LogP contribution in [0.5, 0.6) is 0 Å². The Bertz CT molecular complexity index is 1380. The summed E-state index contributed by atoms with van der Waals surface area (Å²) in [6, 6.07) is 13.1. The van der Waals surface area contributed by atoms with Crippen molar-refractivity contribution in [3.8, 4) is 11.1 Å². The van der Waals surface area contributed by atoms with Gasteiger partial charge < -0.3 is 14.6 Å². The molecule has 2 aromatic carbocycles. The van der Waals surface area contributed by atoms with E-state index in [4.69, 9.17) is 0 Å². The lowest BCUT2D eigenvalue weighted by Crippen LogP contribution is -2.42. The number of aryl methyl sites for hydroxylation is 1. The Morgan fingerprint density at radius 3 is 2.29 bits per heavy atom. The molecule has 0 atom stereocenters. The van der Waals surface area contributed by atoms with E-state index >= 15 is 0 Å². The van der Waals surface area contributed by atoms with E-state index in [1.807, 2.05) is 18.4 Å². The summed E-state index contributed by atoms with van der Waals surface area (Å²) in [6.45, 7) is 6.74. The molecule has 1 heterocycles. The SMILES string of the molecule is CCCCc1nc(SC)c(C(=O)O)n1Cc1ccc(-c2ccccc2S(=O)(=O)NC(=O)N(CC)CC)cc1. The van der Waals surface area contributed by atoms with Crippen molar-refractivity contribution in [2.75, 3.05) is 19.3 Å². The monoisotopic (exact) mass is 558 g/mol. The Morgan fingerprint density at radius 1 is 1.05 bits per heavy atom. The topological polar surface area (TPSA) is 122 Å². The average Bonchev–Trinajstić information content (AvgIpc) is 3.25. The molecule has 0 fully saturated rings. The molecule has 1 aromatic heterocycles. The maximum Gasteiger partial charge on any atom is 0.355 e. The fourth-order valence-corrected chi connectivity index (χ4v) is 5.97.